The van der Waals surface area contributed by atoms with Gasteiger partial charge in [-0.2, -0.15) is 0 Å². The van der Waals surface area contributed by atoms with E-state index in [1.165, 1.54) is 10.5 Å². The molecule has 0 bridgehead atoms. The molecule has 1 aromatic rings. The van der Waals surface area contributed by atoms with Gasteiger partial charge in [-0.25, -0.2) is 17.9 Å². The second kappa shape index (κ2) is 9.24. The number of ether oxygens (including phenoxy) is 1. The van der Waals surface area contributed by atoms with Crippen molar-refractivity contribution in [2.75, 3.05) is 19.4 Å². The van der Waals surface area contributed by atoms with Gasteiger partial charge in [0.25, 0.3) is 0 Å². The highest BCUT2D eigenvalue weighted by atomic mass is 32.2. The maximum atomic E-state index is 11.7. The van der Waals surface area contributed by atoms with Gasteiger partial charge in [-0.3, -0.25) is 0 Å². The fourth-order valence-electron chi connectivity index (χ4n) is 4.44. The van der Waals surface area contributed by atoms with Crippen LogP contribution in [0.4, 0.5) is 4.79 Å². The predicted molar refractivity (Wildman–Crippen MR) is 107 cm³/mol. The first kappa shape index (κ1) is 21.1. The fourth-order valence-corrected chi connectivity index (χ4v) is 5.26. The van der Waals surface area contributed by atoms with Crippen molar-refractivity contribution in [1.82, 2.24) is 9.62 Å². The van der Waals surface area contributed by atoms with Crippen LogP contribution >= 0.6 is 0 Å². The summed E-state index contributed by atoms with van der Waals surface area (Å²) in [6.07, 6.45) is 5.39. The summed E-state index contributed by atoms with van der Waals surface area (Å²) in [5.41, 5.74) is 1.36. The number of benzene rings is 1. The SMILES string of the molecule is CS(=O)(=O)NC1CCCN(C(=O)O)C1COC1CCC(c2ccccc2)CC1. The highest BCUT2D eigenvalue weighted by molar-refractivity contribution is 7.88. The zero-order chi connectivity index (χ0) is 20.1. The predicted octanol–water partition coefficient (Wildman–Crippen LogP) is 2.79. The zero-order valence-corrected chi connectivity index (χ0v) is 17.1. The molecule has 1 aliphatic heterocycles. The molecule has 2 fully saturated rings. The maximum absolute atomic E-state index is 11.7. The van der Waals surface area contributed by atoms with Crippen molar-refractivity contribution in [1.29, 1.82) is 0 Å². The molecule has 0 spiro atoms. The summed E-state index contributed by atoms with van der Waals surface area (Å²) in [6, 6.07) is 9.55. The van der Waals surface area contributed by atoms with Gasteiger partial charge in [-0.15, -0.1) is 0 Å². The number of sulfonamides is 1. The van der Waals surface area contributed by atoms with E-state index in [1.54, 1.807) is 0 Å². The van der Waals surface area contributed by atoms with Gasteiger partial charge in [0.1, 0.15) is 0 Å². The standard InChI is InChI=1S/C20H30N2O5S/c1-28(25,26)21-18-8-5-13-22(20(23)24)19(18)14-27-17-11-9-16(10-12-17)15-6-3-2-4-7-15/h2-4,6-7,16-19,21H,5,8-14H2,1H3,(H,23,24). The summed E-state index contributed by atoms with van der Waals surface area (Å²) < 4.78 is 32.0. The number of hydrogen-bond acceptors (Lipinski definition) is 4. The largest absolute Gasteiger partial charge is 0.465 e. The molecule has 3 rings (SSSR count). The molecule has 1 heterocycles. The van der Waals surface area contributed by atoms with Crippen molar-refractivity contribution in [3.8, 4) is 0 Å². The number of nitrogens with one attached hydrogen (secondary N) is 1. The van der Waals surface area contributed by atoms with Gasteiger partial charge < -0.3 is 14.7 Å². The minimum atomic E-state index is -3.41. The summed E-state index contributed by atoms with van der Waals surface area (Å²) in [6.45, 7) is 0.631. The number of carbonyl (C=O) groups is 1. The number of hydrogen-bond donors (Lipinski definition) is 2. The summed E-state index contributed by atoms with van der Waals surface area (Å²) in [5, 5.41) is 9.52. The Labute approximate surface area is 167 Å². The van der Waals surface area contributed by atoms with Gasteiger partial charge >= 0.3 is 6.09 Å². The topological polar surface area (TPSA) is 95.9 Å². The zero-order valence-electron chi connectivity index (χ0n) is 16.3. The minimum absolute atomic E-state index is 0.0939. The van der Waals surface area contributed by atoms with Crippen LogP contribution in [0.25, 0.3) is 0 Å². The Balaban J connectivity index is 1.57. The van der Waals surface area contributed by atoms with E-state index in [-0.39, 0.29) is 12.7 Å². The van der Waals surface area contributed by atoms with Gasteiger partial charge in [0.2, 0.25) is 10.0 Å². The minimum Gasteiger partial charge on any atom is -0.465 e. The molecule has 2 N–H and O–H groups in total. The summed E-state index contributed by atoms with van der Waals surface area (Å²) in [5.74, 6) is 0.547. The van der Waals surface area contributed by atoms with Crippen LogP contribution in [0.5, 0.6) is 0 Å². The van der Waals surface area contributed by atoms with Gasteiger partial charge in [-0.1, -0.05) is 30.3 Å². The van der Waals surface area contributed by atoms with Crippen molar-refractivity contribution >= 4 is 16.1 Å². The Kier molecular flexibility index (Phi) is 6.95. The van der Waals surface area contributed by atoms with Crippen molar-refractivity contribution in [3.05, 3.63) is 35.9 Å². The first-order valence-corrected chi connectivity index (χ1v) is 11.9. The molecule has 2 unspecified atom stereocenters. The maximum Gasteiger partial charge on any atom is 0.407 e. The highest BCUT2D eigenvalue weighted by Crippen LogP contribution is 2.34. The first-order chi connectivity index (χ1) is 13.3. The molecule has 0 aromatic heterocycles. The van der Waals surface area contributed by atoms with Gasteiger partial charge in [0.15, 0.2) is 0 Å². The van der Waals surface area contributed by atoms with Gasteiger partial charge in [0, 0.05) is 12.6 Å². The Morgan fingerprint density at radius 2 is 1.86 bits per heavy atom. The van der Waals surface area contributed by atoms with Crippen LogP contribution < -0.4 is 4.72 Å². The van der Waals surface area contributed by atoms with E-state index in [2.05, 4.69) is 29.0 Å². The molecule has 1 saturated heterocycles. The van der Waals surface area contributed by atoms with Crippen LogP contribution in [0, 0.1) is 0 Å². The smallest absolute Gasteiger partial charge is 0.407 e. The first-order valence-electron chi connectivity index (χ1n) is 9.97. The monoisotopic (exact) mass is 410 g/mol. The van der Waals surface area contributed by atoms with Crippen molar-refractivity contribution in [2.45, 2.75) is 62.6 Å². The normalized spacial score (nSPS) is 28.8. The molecule has 8 heteroatoms. The quantitative estimate of drug-likeness (QED) is 0.752. The number of carboxylic acid groups (broad SMARTS) is 1. The molecule has 1 saturated carbocycles. The Bertz CT molecular complexity index is 747. The van der Waals surface area contributed by atoms with E-state index in [4.69, 9.17) is 4.74 Å². The third-order valence-electron chi connectivity index (χ3n) is 5.84. The van der Waals surface area contributed by atoms with Gasteiger partial charge in [0.05, 0.1) is 25.0 Å². The summed E-state index contributed by atoms with van der Waals surface area (Å²) in [4.78, 5) is 12.9. The summed E-state index contributed by atoms with van der Waals surface area (Å²) >= 11 is 0. The van der Waals surface area contributed by atoms with Gasteiger partial charge in [-0.05, 0) is 50.0 Å². The lowest BCUT2D eigenvalue weighted by Gasteiger charge is -2.40. The van der Waals surface area contributed by atoms with Crippen LogP contribution in [0.3, 0.4) is 0 Å². The summed E-state index contributed by atoms with van der Waals surface area (Å²) in [7, 11) is -3.41. The second-order valence-electron chi connectivity index (χ2n) is 7.90. The Morgan fingerprint density at radius 3 is 2.46 bits per heavy atom. The van der Waals surface area contributed by atoms with E-state index >= 15 is 0 Å². The number of nitrogens with zero attached hydrogens (tertiary/aromatic N) is 1. The van der Waals surface area contributed by atoms with Crippen LogP contribution in [-0.4, -0.2) is 62.1 Å². The average molecular weight is 411 g/mol. The van der Waals surface area contributed by atoms with E-state index < -0.39 is 28.2 Å². The molecule has 28 heavy (non-hydrogen) atoms. The third-order valence-corrected chi connectivity index (χ3v) is 6.57. The highest BCUT2D eigenvalue weighted by Gasteiger charge is 2.36. The molecule has 7 nitrogen and oxygen atoms in total. The molecule has 156 valence electrons. The van der Waals surface area contributed by atoms with E-state index in [1.807, 2.05) is 6.07 Å². The van der Waals surface area contributed by atoms with Crippen LogP contribution in [-0.2, 0) is 14.8 Å². The third kappa shape index (κ3) is 5.68. The van der Waals surface area contributed by atoms with Crippen molar-refractivity contribution in [3.63, 3.8) is 0 Å². The molecule has 1 amide bonds. The Hall–Kier alpha value is -1.64. The Morgan fingerprint density at radius 1 is 1.18 bits per heavy atom. The van der Waals surface area contributed by atoms with E-state index in [9.17, 15) is 18.3 Å². The second-order valence-corrected chi connectivity index (χ2v) is 9.68. The lowest BCUT2D eigenvalue weighted by Crippen LogP contribution is -2.58. The molecular formula is C20H30N2O5S. The molecule has 1 aliphatic carbocycles. The number of likely N-dealkylation sites (tertiary alicyclic amines) is 1. The van der Waals surface area contributed by atoms with Crippen molar-refractivity contribution < 1.29 is 23.1 Å². The average Bonchev–Trinajstić information content (AvgIpc) is 2.66. The van der Waals surface area contributed by atoms with Crippen LogP contribution in [0.1, 0.15) is 50.0 Å². The molecule has 0 radical (unpaired) electrons. The number of amides is 1. The van der Waals surface area contributed by atoms with Crippen LogP contribution in [0.15, 0.2) is 30.3 Å². The van der Waals surface area contributed by atoms with Crippen LogP contribution in [0.2, 0.25) is 0 Å². The van der Waals surface area contributed by atoms with E-state index in [0.717, 1.165) is 31.9 Å². The lowest BCUT2D eigenvalue weighted by molar-refractivity contribution is -0.0226. The molecular weight excluding hydrogens is 380 g/mol. The number of rotatable bonds is 6. The van der Waals surface area contributed by atoms with Crippen molar-refractivity contribution in [2.24, 2.45) is 0 Å². The molecule has 2 atom stereocenters. The van der Waals surface area contributed by atoms with E-state index in [0.29, 0.717) is 25.3 Å². The molecule has 2 aliphatic rings. The molecule has 1 aromatic carbocycles. The lowest BCUT2D eigenvalue weighted by atomic mass is 9.83. The fraction of sp³-hybridized carbons (Fsp3) is 0.650. The number of piperidine rings is 1.